The van der Waals surface area contributed by atoms with Crippen molar-refractivity contribution in [3.8, 4) is 5.75 Å². The smallest absolute Gasteiger partial charge is 0.257 e. The molecule has 5 heteroatoms. The number of benzene rings is 1. The normalized spacial score (nSPS) is 27.3. The van der Waals surface area contributed by atoms with Crippen molar-refractivity contribution in [2.75, 3.05) is 13.1 Å². The maximum absolute atomic E-state index is 12.9. The molecule has 3 fully saturated rings. The van der Waals surface area contributed by atoms with E-state index in [1.807, 2.05) is 29.2 Å². The predicted octanol–water partition coefficient (Wildman–Crippen LogP) is 2.85. The second-order valence-electron chi connectivity index (χ2n) is 7.04. The highest BCUT2D eigenvalue weighted by Gasteiger charge is 2.42. The summed E-state index contributed by atoms with van der Waals surface area (Å²) in [5.74, 6) is 2.05. The molecule has 2 atom stereocenters. The fourth-order valence-corrected chi connectivity index (χ4v) is 3.63. The van der Waals surface area contributed by atoms with Gasteiger partial charge in [0.25, 0.3) is 5.91 Å². The molecule has 1 saturated heterocycles. The Bertz CT molecular complexity index is 572. The summed E-state index contributed by atoms with van der Waals surface area (Å²) in [4.78, 5) is 14.8. The number of carbonyl (C=O) groups excluding carboxylic acids is 1. The summed E-state index contributed by atoms with van der Waals surface area (Å²) in [7, 11) is 0. The molecule has 23 heavy (non-hydrogen) atoms. The van der Waals surface area contributed by atoms with Gasteiger partial charge in [-0.15, -0.1) is 12.4 Å². The van der Waals surface area contributed by atoms with E-state index in [4.69, 9.17) is 10.5 Å². The highest BCUT2D eigenvalue weighted by Crippen LogP contribution is 2.41. The van der Waals surface area contributed by atoms with Gasteiger partial charge in [-0.25, -0.2) is 0 Å². The van der Waals surface area contributed by atoms with Gasteiger partial charge in [0, 0.05) is 19.1 Å². The van der Waals surface area contributed by atoms with Crippen molar-refractivity contribution < 1.29 is 9.53 Å². The fraction of sp³-hybridized carbons (Fsp3) is 0.611. The average molecular weight is 337 g/mol. The number of hydrogen-bond acceptors (Lipinski definition) is 3. The summed E-state index contributed by atoms with van der Waals surface area (Å²) in [6, 6.07) is 7.78. The minimum Gasteiger partial charge on any atom is -0.490 e. The van der Waals surface area contributed by atoms with Gasteiger partial charge in [0.1, 0.15) is 5.75 Å². The number of rotatable bonds is 4. The molecular weight excluding hydrogens is 312 g/mol. The predicted molar refractivity (Wildman–Crippen MR) is 92.0 cm³/mol. The number of likely N-dealkylation sites (tertiary alicyclic amines) is 1. The third-order valence-corrected chi connectivity index (χ3v) is 5.39. The van der Waals surface area contributed by atoms with Crippen LogP contribution in [-0.2, 0) is 0 Å². The van der Waals surface area contributed by atoms with Crippen molar-refractivity contribution in [3.05, 3.63) is 29.8 Å². The molecule has 1 aliphatic heterocycles. The van der Waals surface area contributed by atoms with E-state index in [-0.39, 0.29) is 30.5 Å². The van der Waals surface area contributed by atoms with Crippen molar-refractivity contribution in [2.24, 2.45) is 17.6 Å². The van der Waals surface area contributed by atoms with E-state index < -0.39 is 0 Å². The summed E-state index contributed by atoms with van der Waals surface area (Å²) in [5, 5.41) is 0. The molecule has 4 nitrogen and oxygen atoms in total. The molecule has 2 unspecified atom stereocenters. The van der Waals surface area contributed by atoms with E-state index in [0.717, 1.165) is 31.1 Å². The zero-order valence-corrected chi connectivity index (χ0v) is 14.1. The Morgan fingerprint density at radius 1 is 1.13 bits per heavy atom. The molecule has 2 saturated carbocycles. The van der Waals surface area contributed by atoms with Crippen LogP contribution in [0.1, 0.15) is 42.5 Å². The molecule has 1 heterocycles. The first-order chi connectivity index (χ1) is 10.7. The van der Waals surface area contributed by atoms with Crippen molar-refractivity contribution in [1.29, 1.82) is 0 Å². The molecule has 1 amide bonds. The van der Waals surface area contributed by atoms with Gasteiger partial charge in [-0.05, 0) is 56.1 Å². The molecule has 1 aromatic rings. The van der Waals surface area contributed by atoms with E-state index in [2.05, 4.69) is 0 Å². The first kappa shape index (κ1) is 16.6. The van der Waals surface area contributed by atoms with Crippen LogP contribution < -0.4 is 10.5 Å². The third kappa shape index (κ3) is 3.33. The zero-order chi connectivity index (χ0) is 15.1. The van der Waals surface area contributed by atoms with Crippen LogP contribution >= 0.6 is 12.4 Å². The molecular formula is C18H25ClN2O2. The van der Waals surface area contributed by atoms with E-state index in [1.165, 1.54) is 19.3 Å². The maximum Gasteiger partial charge on any atom is 0.257 e. The average Bonchev–Trinajstić information content (AvgIpc) is 3.25. The number of hydrogen-bond donors (Lipinski definition) is 1. The summed E-state index contributed by atoms with van der Waals surface area (Å²) >= 11 is 0. The van der Waals surface area contributed by atoms with Gasteiger partial charge in [0.05, 0.1) is 11.7 Å². The van der Waals surface area contributed by atoms with Crippen molar-refractivity contribution >= 4 is 18.3 Å². The van der Waals surface area contributed by atoms with Crippen LogP contribution in [0.15, 0.2) is 24.3 Å². The lowest BCUT2D eigenvalue weighted by Gasteiger charge is -2.28. The first-order valence-corrected chi connectivity index (χ1v) is 8.53. The Balaban J connectivity index is 0.00000156. The van der Waals surface area contributed by atoms with Crippen LogP contribution in [-0.4, -0.2) is 36.0 Å². The Labute approximate surface area is 143 Å². The SMILES string of the molecule is Cl.NC1CN(C(=O)c2ccccc2OC2CCC2)CC1C1CC1. The molecule has 4 rings (SSSR count). The monoisotopic (exact) mass is 336 g/mol. The Morgan fingerprint density at radius 2 is 1.87 bits per heavy atom. The van der Waals surface area contributed by atoms with Crippen LogP contribution in [0.25, 0.3) is 0 Å². The fourth-order valence-electron chi connectivity index (χ4n) is 3.63. The number of nitrogens with zero attached hydrogens (tertiary/aromatic N) is 1. The number of ether oxygens (including phenoxy) is 1. The molecule has 0 spiro atoms. The Hall–Kier alpha value is -1.26. The highest BCUT2D eigenvalue weighted by molar-refractivity contribution is 5.97. The van der Waals surface area contributed by atoms with Gasteiger partial charge in [-0.3, -0.25) is 4.79 Å². The minimum atomic E-state index is 0. The van der Waals surface area contributed by atoms with Crippen molar-refractivity contribution in [3.63, 3.8) is 0 Å². The lowest BCUT2D eigenvalue weighted by Crippen LogP contribution is -2.33. The second kappa shape index (κ2) is 6.70. The van der Waals surface area contributed by atoms with E-state index in [9.17, 15) is 4.79 Å². The molecule has 0 bridgehead atoms. The van der Waals surface area contributed by atoms with Crippen molar-refractivity contribution in [1.82, 2.24) is 4.90 Å². The first-order valence-electron chi connectivity index (χ1n) is 8.53. The van der Waals surface area contributed by atoms with Crippen LogP contribution in [0.2, 0.25) is 0 Å². The summed E-state index contributed by atoms with van der Waals surface area (Å²) in [6.45, 7) is 1.49. The van der Waals surface area contributed by atoms with Crippen LogP contribution in [0.4, 0.5) is 0 Å². The van der Waals surface area contributed by atoms with Crippen LogP contribution in [0, 0.1) is 11.8 Å². The van der Waals surface area contributed by atoms with Gasteiger partial charge in [-0.1, -0.05) is 12.1 Å². The summed E-state index contributed by atoms with van der Waals surface area (Å²) in [6.07, 6.45) is 6.27. The van der Waals surface area contributed by atoms with Gasteiger partial charge in [0.2, 0.25) is 0 Å². The van der Waals surface area contributed by atoms with Gasteiger partial charge >= 0.3 is 0 Å². The van der Waals surface area contributed by atoms with Crippen LogP contribution in [0.5, 0.6) is 5.75 Å². The zero-order valence-electron chi connectivity index (χ0n) is 13.3. The van der Waals surface area contributed by atoms with Gasteiger partial charge in [-0.2, -0.15) is 0 Å². The molecule has 2 aliphatic carbocycles. The number of carbonyl (C=O) groups is 1. The second-order valence-corrected chi connectivity index (χ2v) is 7.04. The Kier molecular flexibility index (Phi) is 4.83. The molecule has 0 aromatic heterocycles. The highest BCUT2D eigenvalue weighted by atomic mass is 35.5. The standard InChI is InChI=1S/C18H24N2O2.ClH/c19-16-11-20(10-15(16)12-8-9-12)18(21)14-6-1-2-7-17(14)22-13-4-3-5-13;/h1-2,6-7,12-13,15-16H,3-5,8-11,19H2;1H. The van der Waals surface area contributed by atoms with E-state index in [1.54, 1.807) is 0 Å². The number of halogens is 1. The van der Waals surface area contributed by atoms with Crippen LogP contribution in [0.3, 0.4) is 0 Å². The largest absolute Gasteiger partial charge is 0.490 e. The molecule has 126 valence electrons. The molecule has 1 aromatic carbocycles. The summed E-state index contributed by atoms with van der Waals surface area (Å²) < 4.78 is 6.00. The quantitative estimate of drug-likeness (QED) is 0.919. The molecule has 3 aliphatic rings. The van der Waals surface area contributed by atoms with Crippen molar-refractivity contribution in [2.45, 2.75) is 44.2 Å². The number of para-hydroxylation sites is 1. The summed E-state index contributed by atoms with van der Waals surface area (Å²) in [5.41, 5.74) is 6.94. The van der Waals surface area contributed by atoms with E-state index in [0.29, 0.717) is 18.0 Å². The van der Waals surface area contributed by atoms with Gasteiger partial charge < -0.3 is 15.4 Å². The topological polar surface area (TPSA) is 55.6 Å². The third-order valence-electron chi connectivity index (χ3n) is 5.39. The minimum absolute atomic E-state index is 0. The molecule has 2 N–H and O–H groups in total. The van der Waals surface area contributed by atoms with E-state index >= 15 is 0 Å². The number of nitrogens with two attached hydrogens (primary N) is 1. The number of amides is 1. The Morgan fingerprint density at radius 3 is 2.52 bits per heavy atom. The lowest BCUT2D eigenvalue weighted by atomic mass is 9.96. The lowest BCUT2D eigenvalue weighted by molar-refractivity contribution is 0.0766. The molecule has 0 radical (unpaired) electrons. The van der Waals surface area contributed by atoms with Gasteiger partial charge in [0.15, 0.2) is 0 Å². The maximum atomic E-state index is 12.9.